The molecule has 1 atom stereocenters. The van der Waals surface area contributed by atoms with Gasteiger partial charge in [0.05, 0.1) is 28.6 Å². The number of rotatable bonds is 5. The SMILES string of the molecule is O=S([O-])OCCS(=O)(=O)c1ccccc1. The van der Waals surface area contributed by atoms with Crippen molar-refractivity contribution < 1.29 is 21.4 Å². The maximum absolute atomic E-state index is 11.5. The Morgan fingerprint density at radius 1 is 1.27 bits per heavy atom. The van der Waals surface area contributed by atoms with E-state index in [0.29, 0.717) is 0 Å². The van der Waals surface area contributed by atoms with Gasteiger partial charge in [0.2, 0.25) is 0 Å². The predicted molar refractivity (Wildman–Crippen MR) is 53.4 cm³/mol. The van der Waals surface area contributed by atoms with Gasteiger partial charge in [-0.25, -0.2) is 12.6 Å². The second-order valence-electron chi connectivity index (χ2n) is 2.66. The fourth-order valence-corrected chi connectivity index (χ4v) is 2.39. The molecule has 7 heteroatoms. The summed E-state index contributed by atoms with van der Waals surface area (Å²) in [5.41, 5.74) is 0. The highest BCUT2D eigenvalue weighted by Crippen LogP contribution is 2.09. The third kappa shape index (κ3) is 4.08. The molecule has 0 radical (unpaired) electrons. The average Bonchev–Trinajstić information content (AvgIpc) is 2.18. The molecule has 0 heterocycles. The smallest absolute Gasteiger partial charge is 0.180 e. The van der Waals surface area contributed by atoms with E-state index in [1.807, 2.05) is 0 Å². The van der Waals surface area contributed by atoms with Crippen LogP contribution in [0.4, 0.5) is 0 Å². The predicted octanol–water partition coefficient (Wildman–Crippen LogP) is 0.271. The lowest BCUT2D eigenvalue weighted by Crippen LogP contribution is -2.13. The van der Waals surface area contributed by atoms with E-state index in [0.717, 1.165) is 0 Å². The van der Waals surface area contributed by atoms with Gasteiger partial charge in [-0.2, -0.15) is 0 Å². The van der Waals surface area contributed by atoms with E-state index in [-0.39, 0.29) is 17.3 Å². The first-order valence-corrected chi connectivity index (χ1v) is 6.68. The van der Waals surface area contributed by atoms with Crippen molar-refractivity contribution in [3.05, 3.63) is 30.3 Å². The second kappa shape index (κ2) is 5.36. The molecule has 0 spiro atoms. The minimum Gasteiger partial charge on any atom is -0.750 e. The van der Waals surface area contributed by atoms with Crippen molar-refractivity contribution in [3.8, 4) is 0 Å². The first-order valence-electron chi connectivity index (χ1n) is 4.03. The van der Waals surface area contributed by atoms with Crippen molar-refractivity contribution in [3.63, 3.8) is 0 Å². The third-order valence-electron chi connectivity index (χ3n) is 1.63. The van der Waals surface area contributed by atoms with E-state index in [4.69, 9.17) is 0 Å². The van der Waals surface area contributed by atoms with Gasteiger partial charge in [0.15, 0.2) is 9.84 Å². The first kappa shape index (κ1) is 12.3. The van der Waals surface area contributed by atoms with Crippen LogP contribution in [-0.4, -0.2) is 29.5 Å². The molecule has 1 aromatic rings. The van der Waals surface area contributed by atoms with Gasteiger partial charge in [-0.05, 0) is 12.1 Å². The highest BCUT2D eigenvalue weighted by Gasteiger charge is 2.13. The Morgan fingerprint density at radius 2 is 1.87 bits per heavy atom. The number of sulfone groups is 1. The largest absolute Gasteiger partial charge is 0.750 e. The molecule has 1 aromatic carbocycles. The van der Waals surface area contributed by atoms with Crippen LogP contribution in [0.25, 0.3) is 0 Å². The van der Waals surface area contributed by atoms with Crippen LogP contribution < -0.4 is 0 Å². The highest BCUT2D eigenvalue weighted by atomic mass is 32.2. The summed E-state index contributed by atoms with van der Waals surface area (Å²) in [5, 5.41) is 0. The molecule has 1 unspecified atom stereocenters. The molecule has 15 heavy (non-hydrogen) atoms. The molecule has 1 rings (SSSR count). The van der Waals surface area contributed by atoms with Gasteiger partial charge < -0.3 is 4.55 Å². The molecule has 0 amide bonds. The van der Waals surface area contributed by atoms with Crippen LogP contribution in [0.5, 0.6) is 0 Å². The molecule has 0 saturated carbocycles. The van der Waals surface area contributed by atoms with E-state index < -0.39 is 21.2 Å². The van der Waals surface area contributed by atoms with Gasteiger partial charge in [-0.15, -0.1) is 0 Å². The Kier molecular flexibility index (Phi) is 4.40. The minimum atomic E-state index is -3.45. The minimum absolute atomic E-state index is 0.158. The van der Waals surface area contributed by atoms with Gasteiger partial charge in [0.25, 0.3) is 0 Å². The van der Waals surface area contributed by atoms with Crippen LogP contribution in [0.1, 0.15) is 0 Å². The highest BCUT2D eigenvalue weighted by molar-refractivity contribution is 7.91. The molecule has 0 saturated heterocycles. The topological polar surface area (TPSA) is 83.5 Å². The molecular formula is C8H9O5S2-. The Morgan fingerprint density at radius 3 is 2.40 bits per heavy atom. The van der Waals surface area contributed by atoms with E-state index in [2.05, 4.69) is 4.18 Å². The van der Waals surface area contributed by atoms with Crippen molar-refractivity contribution in [1.29, 1.82) is 0 Å². The van der Waals surface area contributed by atoms with Crippen LogP contribution in [-0.2, 0) is 25.4 Å². The summed E-state index contributed by atoms with van der Waals surface area (Å²) in [6.45, 7) is -0.368. The lowest BCUT2D eigenvalue weighted by Gasteiger charge is -2.06. The van der Waals surface area contributed by atoms with Gasteiger partial charge in [-0.3, -0.25) is 4.18 Å². The zero-order valence-electron chi connectivity index (χ0n) is 7.66. The first-order chi connectivity index (χ1) is 7.02. The van der Waals surface area contributed by atoms with E-state index in [1.54, 1.807) is 18.2 Å². The molecule has 0 aliphatic heterocycles. The molecule has 0 bridgehead atoms. The maximum Gasteiger partial charge on any atom is 0.180 e. The summed E-state index contributed by atoms with van der Waals surface area (Å²) in [4.78, 5) is 0.158. The lowest BCUT2D eigenvalue weighted by atomic mass is 10.4. The average molecular weight is 249 g/mol. The molecule has 0 N–H and O–H groups in total. The van der Waals surface area contributed by atoms with Gasteiger partial charge in [-0.1, -0.05) is 18.2 Å². The van der Waals surface area contributed by atoms with Crippen LogP contribution in [0, 0.1) is 0 Å². The zero-order valence-corrected chi connectivity index (χ0v) is 9.29. The molecule has 0 aromatic heterocycles. The summed E-state index contributed by atoms with van der Waals surface area (Å²) < 4.78 is 47.2. The summed E-state index contributed by atoms with van der Waals surface area (Å²) in [6, 6.07) is 7.79. The Labute approximate surface area is 90.5 Å². The summed E-state index contributed by atoms with van der Waals surface area (Å²) in [7, 11) is -3.45. The fraction of sp³-hybridized carbons (Fsp3) is 0.250. The van der Waals surface area contributed by atoms with E-state index >= 15 is 0 Å². The van der Waals surface area contributed by atoms with Crippen molar-refractivity contribution >= 4 is 21.2 Å². The zero-order chi connectivity index (χ0) is 11.3. The van der Waals surface area contributed by atoms with Crippen molar-refractivity contribution in [2.24, 2.45) is 0 Å². The molecule has 0 fully saturated rings. The van der Waals surface area contributed by atoms with E-state index in [9.17, 15) is 17.2 Å². The van der Waals surface area contributed by atoms with Crippen molar-refractivity contribution in [2.45, 2.75) is 4.90 Å². The van der Waals surface area contributed by atoms with Gasteiger partial charge in [0, 0.05) is 0 Å². The van der Waals surface area contributed by atoms with Crippen LogP contribution >= 0.6 is 0 Å². The summed E-state index contributed by atoms with van der Waals surface area (Å²) in [6.07, 6.45) is 0. The molecule has 5 nitrogen and oxygen atoms in total. The van der Waals surface area contributed by atoms with Crippen LogP contribution in [0.15, 0.2) is 35.2 Å². The second-order valence-corrected chi connectivity index (χ2v) is 5.41. The van der Waals surface area contributed by atoms with Crippen LogP contribution in [0.2, 0.25) is 0 Å². The number of benzene rings is 1. The Hall–Kier alpha value is -0.760. The van der Waals surface area contributed by atoms with Gasteiger partial charge >= 0.3 is 0 Å². The molecule has 0 aliphatic carbocycles. The monoisotopic (exact) mass is 249 g/mol. The molecular weight excluding hydrogens is 240 g/mol. The fourth-order valence-electron chi connectivity index (χ4n) is 0.957. The quantitative estimate of drug-likeness (QED) is 0.699. The molecule has 84 valence electrons. The standard InChI is InChI=1S/C8H10O5S2/c9-14(10)13-6-7-15(11,12)8-4-2-1-3-5-8/h1-5H,6-7H2,(H,9,10)/p-1. The van der Waals surface area contributed by atoms with E-state index in [1.165, 1.54) is 12.1 Å². The molecule has 0 aliphatic rings. The Bertz CT molecular complexity index is 426. The maximum atomic E-state index is 11.5. The summed E-state index contributed by atoms with van der Waals surface area (Å²) >= 11 is -2.67. The Balaban J connectivity index is 2.65. The van der Waals surface area contributed by atoms with Crippen molar-refractivity contribution in [1.82, 2.24) is 0 Å². The third-order valence-corrected chi connectivity index (χ3v) is 3.69. The van der Waals surface area contributed by atoms with Crippen molar-refractivity contribution in [2.75, 3.05) is 12.4 Å². The lowest BCUT2D eigenvalue weighted by molar-refractivity contribution is 0.318. The number of hydrogen-bond acceptors (Lipinski definition) is 5. The normalized spacial score (nSPS) is 13.7. The van der Waals surface area contributed by atoms with Crippen LogP contribution in [0.3, 0.4) is 0 Å². The summed E-state index contributed by atoms with van der Waals surface area (Å²) in [5.74, 6) is -0.356. The van der Waals surface area contributed by atoms with Gasteiger partial charge in [0.1, 0.15) is 0 Å². The number of hydrogen-bond donors (Lipinski definition) is 0.